The maximum atomic E-state index is 10.5. The molecule has 7 nitrogen and oxygen atoms in total. The van der Waals surface area contributed by atoms with Crippen molar-refractivity contribution in [2.75, 3.05) is 12.9 Å². The van der Waals surface area contributed by atoms with Crippen LogP contribution in [0.3, 0.4) is 0 Å². The third-order valence-corrected chi connectivity index (χ3v) is 7.42. The number of hydrogen-bond donors (Lipinski definition) is 1. The summed E-state index contributed by atoms with van der Waals surface area (Å²) in [6, 6.07) is 5.45. The molecule has 0 heterocycles. The normalized spacial score (nSPS) is 13.4. The Hall–Kier alpha value is -1.15. The molecule has 110 valence electrons. The minimum absolute atomic E-state index is 0.0456. The number of non-ortho nitro benzene ring substituents is 1. The second-order valence-electron chi connectivity index (χ2n) is 3.45. The van der Waals surface area contributed by atoms with Crippen molar-refractivity contribution in [1.82, 2.24) is 0 Å². The minimum atomic E-state index is -2.70. The highest BCUT2D eigenvalue weighted by Gasteiger charge is 2.21. The standard InChI is InChI=1S/C10H12NO6PS2/c1-16-18(19,20-7-6-10(12)13)17-9-4-2-8(3-5-9)11(14)15/h2-5H,6-7H2,1H3,(H,12,13). The third-order valence-electron chi connectivity index (χ3n) is 2.05. The van der Waals surface area contributed by atoms with E-state index in [4.69, 9.17) is 26.0 Å². The van der Waals surface area contributed by atoms with Gasteiger partial charge in [-0.15, -0.1) is 0 Å². The number of hydrogen-bond acceptors (Lipinski definition) is 7. The fraction of sp³-hybridized carbons (Fsp3) is 0.300. The Labute approximate surface area is 124 Å². The summed E-state index contributed by atoms with van der Waals surface area (Å²) in [6.07, 6.45) is -0.0456. The van der Waals surface area contributed by atoms with Crippen molar-refractivity contribution in [3.63, 3.8) is 0 Å². The van der Waals surface area contributed by atoms with Crippen LogP contribution in [-0.4, -0.2) is 28.9 Å². The van der Waals surface area contributed by atoms with Crippen LogP contribution < -0.4 is 4.52 Å². The van der Waals surface area contributed by atoms with Crippen LogP contribution in [0.4, 0.5) is 5.69 Å². The first-order valence-corrected chi connectivity index (χ1v) is 9.55. The smallest absolute Gasteiger partial charge is 0.304 e. The number of rotatable bonds is 8. The van der Waals surface area contributed by atoms with Gasteiger partial charge in [-0.05, 0) is 23.9 Å². The molecule has 0 aliphatic carbocycles. The molecule has 0 amide bonds. The number of nitrogens with zero attached hydrogens (tertiary/aromatic N) is 1. The molecule has 1 aromatic rings. The first-order valence-electron chi connectivity index (χ1n) is 5.32. The Balaban J connectivity index is 2.69. The fourth-order valence-electron chi connectivity index (χ4n) is 1.12. The molecule has 0 aliphatic heterocycles. The molecule has 1 atom stereocenters. The summed E-state index contributed by atoms with van der Waals surface area (Å²) < 4.78 is 10.7. The SMILES string of the molecule is COP(=S)(Oc1ccc([N+](=O)[O-])cc1)SCCC(=O)O. The summed E-state index contributed by atoms with van der Waals surface area (Å²) in [4.78, 5) is 20.5. The van der Waals surface area contributed by atoms with Gasteiger partial charge in [0.2, 0.25) is 0 Å². The summed E-state index contributed by atoms with van der Waals surface area (Å²) in [5.41, 5.74) is -2.75. The maximum absolute atomic E-state index is 10.5. The predicted octanol–water partition coefficient (Wildman–Crippen LogP) is 3.05. The molecule has 0 saturated heterocycles. The van der Waals surface area contributed by atoms with E-state index in [1.54, 1.807) is 0 Å². The summed E-state index contributed by atoms with van der Waals surface area (Å²) in [6.45, 7) is 0. The molecule has 10 heteroatoms. The Kier molecular flexibility index (Phi) is 6.41. The highest BCUT2D eigenvalue weighted by Crippen LogP contribution is 2.60. The topological polar surface area (TPSA) is 98.9 Å². The Morgan fingerprint density at radius 3 is 2.55 bits per heavy atom. The molecule has 1 N–H and O–H groups in total. The lowest BCUT2D eigenvalue weighted by atomic mass is 10.3. The van der Waals surface area contributed by atoms with Gasteiger partial charge in [0.05, 0.1) is 11.3 Å². The van der Waals surface area contributed by atoms with E-state index in [1.165, 1.54) is 31.4 Å². The summed E-state index contributed by atoms with van der Waals surface area (Å²) in [5, 5.41) is 19.1. The molecule has 1 aromatic carbocycles. The van der Waals surface area contributed by atoms with Crippen LogP contribution in [0, 0.1) is 10.1 Å². The molecule has 0 fully saturated rings. The molecule has 0 radical (unpaired) electrons. The zero-order valence-corrected chi connectivity index (χ0v) is 13.0. The number of nitro benzene ring substituents is 1. The number of carboxylic acids is 1. The second-order valence-corrected chi connectivity index (χ2v) is 9.91. The lowest BCUT2D eigenvalue weighted by Gasteiger charge is -2.19. The monoisotopic (exact) mass is 337 g/mol. The highest BCUT2D eigenvalue weighted by atomic mass is 32.9. The van der Waals surface area contributed by atoms with Gasteiger partial charge in [0.15, 0.2) is 0 Å². The van der Waals surface area contributed by atoms with Crippen LogP contribution in [0.2, 0.25) is 0 Å². The van der Waals surface area contributed by atoms with E-state index in [0.29, 0.717) is 5.75 Å². The van der Waals surface area contributed by atoms with E-state index in [-0.39, 0.29) is 17.9 Å². The largest absolute Gasteiger partial charge is 0.481 e. The molecule has 1 unspecified atom stereocenters. The summed E-state index contributed by atoms with van der Waals surface area (Å²) in [7, 11) is 1.39. The zero-order valence-electron chi connectivity index (χ0n) is 10.4. The lowest BCUT2D eigenvalue weighted by Crippen LogP contribution is -1.98. The van der Waals surface area contributed by atoms with Gasteiger partial charge in [-0.2, -0.15) is 0 Å². The van der Waals surface area contributed by atoms with Gasteiger partial charge in [-0.3, -0.25) is 14.9 Å². The van der Waals surface area contributed by atoms with E-state index >= 15 is 0 Å². The van der Waals surface area contributed by atoms with Gasteiger partial charge >= 0.3 is 5.97 Å². The predicted molar refractivity (Wildman–Crippen MR) is 79.7 cm³/mol. The van der Waals surface area contributed by atoms with Crippen molar-refractivity contribution in [1.29, 1.82) is 0 Å². The van der Waals surface area contributed by atoms with E-state index in [2.05, 4.69) is 0 Å². The number of carboxylic acid groups (broad SMARTS) is 1. The van der Waals surface area contributed by atoms with Crippen molar-refractivity contribution >= 4 is 40.5 Å². The van der Waals surface area contributed by atoms with E-state index < -0.39 is 16.6 Å². The highest BCUT2D eigenvalue weighted by molar-refractivity contribution is 8.68. The van der Waals surface area contributed by atoms with E-state index in [1.807, 2.05) is 0 Å². The van der Waals surface area contributed by atoms with Gasteiger partial charge in [-0.1, -0.05) is 11.4 Å². The molecule has 0 spiro atoms. The average Bonchev–Trinajstić information content (AvgIpc) is 2.39. The lowest BCUT2D eigenvalue weighted by molar-refractivity contribution is -0.384. The molecule has 0 bridgehead atoms. The average molecular weight is 337 g/mol. The Bertz CT molecular complexity index is 535. The minimum Gasteiger partial charge on any atom is -0.481 e. The molecule has 0 aliphatic rings. The Morgan fingerprint density at radius 2 is 2.10 bits per heavy atom. The van der Waals surface area contributed by atoms with Crippen LogP contribution in [0.25, 0.3) is 0 Å². The van der Waals surface area contributed by atoms with Crippen molar-refractivity contribution in [3.05, 3.63) is 34.4 Å². The van der Waals surface area contributed by atoms with Crippen molar-refractivity contribution < 1.29 is 23.9 Å². The quantitative estimate of drug-likeness (QED) is 0.439. The molecule has 0 aromatic heterocycles. The maximum Gasteiger partial charge on any atom is 0.304 e. The van der Waals surface area contributed by atoms with Gasteiger partial charge in [0, 0.05) is 25.0 Å². The molecule has 1 rings (SSSR count). The second kappa shape index (κ2) is 7.58. The van der Waals surface area contributed by atoms with Crippen LogP contribution in [0.1, 0.15) is 6.42 Å². The van der Waals surface area contributed by atoms with Gasteiger partial charge in [-0.25, -0.2) is 0 Å². The zero-order chi connectivity index (χ0) is 15.2. The van der Waals surface area contributed by atoms with Crippen molar-refractivity contribution in [3.8, 4) is 5.75 Å². The van der Waals surface area contributed by atoms with Gasteiger partial charge in [0.1, 0.15) is 5.75 Å². The fourth-order valence-corrected chi connectivity index (χ4v) is 4.83. The summed E-state index contributed by atoms with van der Waals surface area (Å²) in [5.74, 6) is -0.304. The van der Waals surface area contributed by atoms with Gasteiger partial charge in [0.25, 0.3) is 11.4 Å². The number of carbonyl (C=O) groups is 1. The molecular weight excluding hydrogens is 325 g/mol. The third kappa shape index (κ3) is 5.46. The molecule has 0 saturated carbocycles. The van der Waals surface area contributed by atoms with Crippen molar-refractivity contribution in [2.24, 2.45) is 0 Å². The van der Waals surface area contributed by atoms with Crippen LogP contribution in [-0.2, 0) is 21.1 Å². The van der Waals surface area contributed by atoms with Crippen molar-refractivity contribution in [2.45, 2.75) is 6.42 Å². The Morgan fingerprint density at radius 1 is 1.50 bits per heavy atom. The molecular formula is C10H12NO6PS2. The first kappa shape index (κ1) is 16.9. The van der Waals surface area contributed by atoms with Crippen LogP contribution >= 0.6 is 17.1 Å². The summed E-state index contributed by atoms with van der Waals surface area (Å²) >= 11 is 6.35. The van der Waals surface area contributed by atoms with E-state index in [9.17, 15) is 14.9 Å². The van der Waals surface area contributed by atoms with Crippen LogP contribution in [0.5, 0.6) is 5.75 Å². The number of aliphatic carboxylic acids is 1. The van der Waals surface area contributed by atoms with E-state index in [0.717, 1.165) is 11.4 Å². The van der Waals surface area contributed by atoms with Gasteiger partial charge < -0.3 is 14.2 Å². The first-order chi connectivity index (χ1) is 9.36. The van der Waals surface area contributed by atoms with Crippen LogP contribution in [0.15, 0.2) is 24.3 Å². The number of nitro groups is 1. The molecule has 20 heavy (non-hydrogen) atoms. The number of benzene rings is 1.